The number of aromatic carboxylic acids is 1. The molecule has 0 saturated heterocycles. The Labute approximate surface area is 96.3 Å². The van der Waals surface area contributed by atoms with Gasteiger partial charge in [0.05, 0.1) is 5.54 Å². The van der Waals surface area contributed by atoms with Crippen molar-refractivity contribution in [1.82, 2.24) is 9.78 Å². The highest BCUT2D eigenvalue weighted by Crippen LogP contribution is 2.19. The van der Waals surface area contributed by atoms with Crippen molar-refractivity contribution >= 4 is 5.97 Å². The molecule has 0 radical (unpaired) electrons. The highest BCUT2D eigenvalue weighted by atomic mass is 16.4. The highest BCUT2D eigenvalue weighted by molar-refractivity contribution is 5.85. The average Bonchev–Trinajstić information content (AvgIpc) is 2.57. The molecule has 1 rings (SSSR count). The average molecular weight is 224 g/mol. The van der Waals surface area contributed by atoms with Crippen LogP contribution in [0.15, 0.2) is 6.07 Å². The van der Waals surface area contributed by atoms with E-state index in [9.17, 15) is 4.79 Å². The summed E-state index contributed by atoms with van der Waals surface area (Å²) in [6.45, 7) is 8.21. The molecule has 0 aromatic carbocycles. The van der Waals surface area contributed by atoms with Crippen molar-refractivity contribution in [2.24, 2.45) is 0 Å². The van der Waals surface area contributed by atoms with Gasteiger partial charge in [0.1, 0.15) is 0 Å². The number of nitrogens with zero attached hydrogens (tertiary/aromatic N) is 2. The Kier molecular flexibility index (Phi) is 3.73. The quantitative estimate of drug-likeness (QED) is 0.855. The van der Waals surface area contributed by atoms with E-state index in [4.69, 9.17) is 5.11 Å². The lowest BCUT2D eigenvalue weighted by Gasteiger charge is -2.22. The maximum atomic E-state index is 10.9. The van der Waals surface area contributed by atoms with E-state index in [-0.39, 0.29) is 11.2 Å². The van der Waals surface area contributed by atoms with Crippen molar-refractivity contribution in [2.45, 2.75) is 52.5 Å². The van der Waals surface area contributed by atoms with E-state index < -0.39 is 5.97 Å². The van der Waals surface area contributed by atoms with Gasteiger partial charge >= 0.3 is 5.97 Å². The molecule has 16 heavy (non-hydrogen) atoms. The highest BCUT2D eigenvalue weighted by Gasteiger charge is 2.21. The van der Waals surface area contributed by atoms with E-state index in [2.05, 4.69) is 12.0 Å². The molecular formula is C12H20N2O2. The van der Waals surface area contributed by atoms with Crippen molar-refractivity contribution in [1.29, 1.82) is 0 Å². The number of carbonyl (C=O) groups is 1. The van der Waals surface area contributed by atoms with Gasteiger partial charge < -0.3 is 5.11 Å². The summed E-state index contributed by atoms with van der Waals surface area (Å²) < 4.78 is 1.83. The van der Waals surface area contributed by atoms with Crippen molar-refractivity contribution in [2.75, 3.05) is 0 Å². The smallest absolute Gasteiger partial charge is 0.356 e. The molecule has 0 amide bonds. The Morgan fingerprint density at radius 3 is 2.56 bits per heavy atom. The van der Waals surface area contributed by atoms with Gasteiger partial charge in [0.15, 0.2) is 5.69 Å². The minimum absolute atomic E-state index is 0.140. The minimum Gasteiger partial charge on any atom is -0.476 e. The summed E-state index contributed by atoms with van der Waals surface area (Å²) in [6.07, 6.45) is 3.03. The summed E-state index contributed by atoms with van der Waals surface area (Å²) in [4.78, 5) is 10.9. The molecule has 0 unspecified atom stereocenters. The number of rotatable bonds is 4. The summed E-state index contributed by atoms with van der Waals surface area (Å²) in [7, 11) is 0. The molecule has 4 heteroatoms. The first-order valence-corrected chi connectivity index (χ1v) is 5.69. The first-order chi connectivity index (χ1) is 7.36. The third-order valence-electron chi connectivity index (χ3n) is 2.42. The van der Waals surface area contributed by atoms with Gasteiger partial charge in [-0.1, -0.05) is 13.3 Å². The van der Waals surface area contributed by atoms with Crippen LogP contribution in [0, 0.1) is 0 Å². The van der Waals surface area contributed by atoms with Gasteiger partial charge in [-0.15, -0.1) is 0 Å². The van der Waals surface area contributed by atoms with Gasteiger partial charge in [-0.25, -0.2) is 4.79 Å². The zero-order valence-corrected chi connectivity index (χ0v) is 10.4. The van der Waals surface area contributed by atoms with Crippen molar-refractivity contribution in [3.05, 3.63) is 17.5 Å². The molecule has 90 valence electrons. The first kappa shape index (κ1) is 12.7. The molecule has 1 heterocycles. The Bertz CT molecular complexity index is 375. The molecule has 4 nitrogen and oxygen atoms in total. The molecule has 0 aliphatic heterocycles. The summed E-state index contributed by atoms with van der Waals surface area (Å²) in [5.41, 5.74) is 0.976. The van der Waals surface area contributed by atoms with Crippen LogP contribution in [0.25, 0.3) is 0 Å². The van der Waals surface area contributed by atoms with Crippen LogP contribution in [0.1, 0.15) is 56.7 Å². The fourth-order valence-electron chi connectivity index (χ4n) is 1.64. The van der Waals surface area contributed by atoms with E-state index >= 15 is 0 Å². The van der Waals surface area contributed by atoms with Crippen LogP contribution in [0.3, 0.4) is 0 Å². The molecule has 1 aromatic heterocycles. The topological polar surface area (TPSA) is 55.1 Å². The molecule has 1 aromatic rings. The van der Waals surface area contributed by atoms with Crippen molar-refractivity contribution < 1.29 is 9.90 Å². The number of hydrogen-bond donors (Lipinski definition) is 1. The maximum Gasteiger partial charge on any atom is 0.356 e. The predicted molar refractivity (Wildman–Crippen MR) is 62.8 cm³/mol. The van der Waals surface area contributed by atoms with Crippen LogP contribution in [-0.2, 0) is 12.0 Å². The van der Waals surface area contributed by atoms with E-state index in [1.807, 2.05) is 25.5 Å². The van der Waals surface area contributed by atoms with E-state index in [0.29, 0.717) is 0 Å². The van der Waals surface area contributed by atoms with E-state index in [1.165, 1.54) is 0 Å². The lowest BCUT2D eigenvalue weighted by molar-refractivity contribution is 0.0688. The molecule has 0 atom stereocenters. The lowest BCUT2D eigenvalue weighted by atomic mass is 10.1. The first-order valence-electron chi connectivity index (χ1n) is 5.69. The van der Waals surface area contributed by atoms with Gasteiger partial charge in [0.2, 0.25) is 0 Å². The third kappa shape index (κ3) is 2.84. The Hall–Kier alpha value is -1.32. The van der Waals surface area contributed by atoms with E-state index in [1.54, 1.807) is 6.07 Å². The summed E-state index contributed by atoms with van der Waals surface area (Å²) in [5, 5.41) is 13.1. The van der Waals surface area contributed by atoms with Crippen LogP contribution < -0.4 is 0 Å². The second-order valence-electron chi connectivity index (χ2n) is 5.01. The van der Waals surface area contributed by atoms with Gasteiger partial charge in [-0.05, 0) is 39.7 Å². The molecule has 1 N–H and O–H groups in total. The molecule has 0 spiro atoms. The molecule has 0 aliphatic rings. The summed E-state index contributed by atoms with van der Waals surface area (Å²) >= 11 is 0. The van der Waals surface area contributed by atoms with Crippen molar-refractivity contribution in [3.8, 4) is 0 Å². The number of carboxylic acids is 1. The summed E-state index contributed by atoms with van der Waals surface area (Å²) in [5.74, 6) is -0.958. The second-order valence-corrected chi connectivity index (χ2v) is 5.01. The molecule has 0 aliphatic carbocycles. The Morgan fingerprint density at radius 1 is 1.50 bits per heavy atom. The van der Waals surface area contributed by atoms with E-state index in [0.717, 1.165) is 25.0 Å². The van der Waals surface area contributed by atoms with Crippen LogP contribution in [0.4, 0.5) is 0 Å². The standard InChI is InChI=1S/C12H20N2O2/c1-5-6-7-9-8-10(11(15)16)13-14(9)12(2,3)4/h8H,5-7H2,1-4H3,(H,15,16). The third-order valence-corrected chi connectivity index (χ3v) is 2.42. The Morgan fingerprint density at radius 2 is 2.12 bits per heavy atom. The minimum atomic E-state index is -0.958. The fourth-order valence-corrected chi connectivity index (χ4v) is 1.64. The predicted octanol–water partition coefficient (Wildman–Crippen LogP) is 2.68. The number of carboxylic acid groups (broad SMARTS) is 1. The molecule has 0 saturated carbocycles. The molecule has 0 bridgehead atoms. The number of aromatic nitrogens is 2. The monoisotopic (exact) mass is 224 g/mol. The lowest BCUT2D eigenvalue weighted by Crippen LogP contribution is -2.25. The Balaban J connectivity index is 3.08. The normalized spacial score (nSPS) is 11.8. The second kappa shape index (κ2) is 4.68. The maximum absolute atomic E-state index is 10.9. The fraction of sp³-hybridized carbons (Fsp3) is 0.667. The zero-order chi connectivity index (χ0) is 12.3. The zero-order valence-electron chi connectivity index (χ0n) is 10.4. The van der Waals surface area contributed by atoms with Gasteiger partial charge in [0, 0.05) is 5.69 Å². The van der Waals surface area contributed by atoms with Gasteiger partial charge in [-0.2, -0.15) is 5.10 Å². The van der Waals surface area contributed by atoms with Crippen LogP contribution in [0.2, 0.25) is 0 Å². The number of aryl methyl sites for hydroxylation is 1. The van der Waals surface area contributed by atoms with Gasteiger partial charge in [0.25, 0.3) is 0 Å². The van der Waals surface area contributed by atoms with Gasteiger partial charge in [-0.3, -0.25) is 4.68 Å². The van der Waals surface area contributed by atoms with Crippen molar-refractivity contribution in [3.63, 3.8) is 0 Å². The number of hydrogen-bond acceptors (Lipinski definition) is 2. The van der Waals surface area contributed by atoms with Crippen LogP contribution >= 0.6 is 0 Å². The molecular weight excluding hydrogens is 204 g/mol. The molecule has 0 fully saturated rings. The largest absolute Gasteiger partial charge is 0.476 e. The summed E-state index contributed by atoms with van der Waals surface area (Å²) in [6, 6.07) is 1.68. The SMILES string of the molecule is CCCCc1cc(C(=O)O)nn1C(C)(C)C. The number of unbranched alkanes of at least 4 members (excludes halogenated alkanes) is 1. The van der Waals surface area contributed by atoms with Crippen LogP contribution in [-0.4, -0.2) is 20.9 Å². The van der Waals surface area contributed by atoms with Crippen LogP contribution in [0.5, 0.6) is 0 Å².